The minimum Gasteiger partial charge on any atom is -0.489 e. The summed E-state index contributed by atoms with van der Waals surface area (Å²) in [5.74, 6) is 1.30. The van der Waals surface area contributed by atoms with E-state index in [4.69, 9.17) is 20.9 Å². The number of anilines is 2. The molecule has 0 saturated carbocycles. The van der Waals surface area contributed by atoms with Crippen LogP contribution in [0.15, 0.2) is 28.8 Å². The minimum atomic E-state index is -0.255. The number of hydrogen-bond acceptors (Lipinski definition) is 6. The molecule has 0 fully saturated rings. The van der Waals surface area contributed by atoms with Gasteiger partial charge in [-0.1, -0.05) is 16.8 Å². The number of nitrogens with zero attached hydrogens (tertiary/aromatic N) is 1. The number of nitrogens with one attached hydrogen (secondary N) is 2. The normalized spacial score (nSPS) is 10.7. The van der Waals surface area contributed by atoms with Crippen LogP contribution in [-0.4, -0.2) is 34.6 Å². The highest BCUT2D eigenvalue weighted by molar-refractivity contribution is 8.00. The average Bonchev–Trinajstić information content (AvgIpc) is 2.94. The Kier molecular flexibility index (Phi) is 7.35. The van der Waals surface area contributed by atoms with E-state index in [0.29, 0.717) is 28.0 Å². The Hall–Kier alpha value is -2.19. The Balaban J connectivity index is 1.74. The van der Waals surface area contributed by atoms with E-state index >= 15 is 0 Å². The van der Waals surface area contributed by atoms with Gasteiger partial charge in [-0.2, -0.15) is 0 Å². The molecule has 2 N–H and O–H groups in total. The van der Waals surface area contributed by atoms with Crippen LogP contribution in [-0.2, 0) is 9.59 Å². The number of halogens is 1. The van der Waals surface area contributed by atoms with Gasteiger partial charge in [-0.15, -0.1) is 11.8 Å². The fourth-order valence-electron chi connectivity index (χ4n) is 1.97. The topological polar surface area (TPSA) is 93.5 Å². The number of aryl methyl sites for hydroxylation is 1. The highest BCUT2D eigenvalue weighted by Crippen LogP contribution is 2.28. The van der Waals surface area contributed by atoms with Crippen molar-refractivity contribution in [3.8, 4) is 5.75 Å². The summed E-state index contributed by atoms with van der Waals surface area (Å²) in [7, 11) is 0. The summed E-state index contributed by atoms with van der Waals surface area (Å²) >= 11 is 7.32. The molecule has 0 aliphatic carbocycles. The second kappa shape index (κ2) is 9.49. The summed E-state index contributed by atoms with van der Waals surface area (Å²) in [4.78, 5) is 23.7. The summed E-state index contributed by atoms with van der Waals surface area (Å²) in [6.07, 6.45) is 0.0108. The maximum Gasteiger partial charge on any atom is 0.235 e. The van der Waals surface area contributed by atoms with Crippen molar-refractivity contribution in [2.75, 3.05) is 22.1 Å². The van der Waals surface area contributed by atoms with Crippen LogP contribution < -0.4 is 15.4 Å². The van der Waals surface area contributed by atoms with Gasteiger partial charge in [0.15, 0.2) is 5.82 Å². The molecule has 0 atom stereocenters. The van der Waals surface area contributed by atoms with Gasteiger partial charge in [0.2, 0.25) is 11.8 Å². The first-order valence-corrected chi connectivity index (χ1v) is 9.43. The van der Waals surface area contributed by atoms with Crippen LogP contribution in [0.25, 0.3) is 0 Å². The van der Waals surface area contributed by atoms with Gasteiger partial charge in [0.05, 0.1) is 22.6 Å². The Morgan fingerprint density at radius 2 is 1.92 bits per heavy atom. The lowest BCUT2D eigenvalue weighted by atomic mass is 10.3. The van der Waals surface area contributed by atoms with Crippen LogP contribution >= 0.6 is 23.4 Å². The van der Waals surface area contributed by atoms with E-state index in [9.17, 15) is 9.59 Å². The SMILES string of the molecule is Cc1cc(NC(=O)CSCC(=O)Nc2ccc(OC(C)C)c(Cl)c2)no1. The Labute approximate surface area is 160 Å². The van der Waals surface area contributed by atoms with Crippen LogP contribution in [0.1, 0.15) is 19.6 Å². The third-order valence-electron chi connectivity index (χ3n) is 2.94. The van der Waals surface area contributed by atoms with Crippen LogP contribution in [0.2, 0.25) is 5.02 Å². The number of thioether (sulfide) groups is 1. The smallest absolute Gasteiger partial charge is 0.235 e. The minimum absolute atomic E-state index is 0.0108. The van der Waals surface area contributed by atoms with Gasteiger partial charge in [-0.25, -0.2) is 0 Å². The second-order valence-corrected chi connectivity index (χ2v) is 7.12. The maximum atomic E-state index is 12.0. The van der Waals surface area contributed by atoms with Gasteiger partial charge in [-0.05, 0) is 39.0 Å². The fraction of sp³-hybridized carbons (Fsp3) is 0.353. The molecule has 0 bridgehead atoms. The molecule has 1 aromatic carbocycles. The Morgan fingerprint density at radius 3 is 2.50 bits per heavy atom. The molecule has 1 aromatic heterocycles. The summed E-state index contributed by atoms with van der Waals surface area (Å²) in [6.45, 7) is 5.54. The van der Waals surface area contributed by atoms with Crippen LogP contribution in [0, 0.1) is 6.92 Å². The third-order valence-corrected chi connectivity index (χ3v) is 4.17. The van der Waals surface area contributed by atoms with Gasteiger partial charge < -0.3 is 19.9 Å². The van der Waals surface area contributed by atoms with E-state index in [1.807, 2.05) is 13.8 Å². The molecule has 7 nitrogen and oxygen atoms in total. The molecular formula is C17H20ClN3O4S. The lowest BCUT2D eigenvalue weighted by Crippen LogP contribution is -2.18. The summed E-state index contributed by atoms with van der Waals surface area (Å²) in [6, 6.07) is 6.66. The van der Waals surface area contributed by atoms with E-state index in [-0.39, 0.29) is 29.4 Å². The van der Waals surface area contributed by atoms with Crippen molar-refractivity contribution in [3.05, 3.63) is 35.0 Å². The molecule has 140 valence electrons. The lowest BCUT2D eigenvalue weighted by molar-refractivity contribution is -0.114. The van der Waals surface area contributed by atoms with Gasteiger partial charge in [-0.3, -0.25) is 9.59 Å². The highest BCUT2D eigenvalue weighted by Gasteiger charge is 2.10. The monoisotopic (exact) mass is 397 g/mol. The quantitative estimate of drug-likeness (QED) is 0.704. The Morgan fingerprint density at radius 1 is 1.23 bits per heavy atom. The number of ether oxygens (including phenoxy) is 1. The largest absolute Gasteiger partial charge is 0.489 e. The number of amides is 2. The van der Waals surface area contributed by atoms with Gasteiger partial charge in [0.1, 0.15) is 11.5 Å². The summed E-state index contributed by atoms with van der Waals surface area (Å²) in [5.41, 5.74) is 0.569. The fourth-order valence-corrected chi connectivity index (χ4v) is 2.81. The van der Waals surface area contributed by atoms with Crippen molar-refractivity contribution in [2.24, 2.45) is 0 Å². The molecule has 2 rings (SSSR count). The molecule has 0 saturated heterocycles. The number of rotatable bonds is 8. The molecule has 0 radical (unpaired) electrons. The first-order chi connectivity index (χ1) is 12.3. The number of carbonyl (C=O) groups excluding carboxylic acids is 2. The molecular weight excluding hydrogens is 378 g/mol. The average molecular weight is 398 g/mol. The zero-order valence-electron chi connectivity index (χ0n) is 14.7. The molecule has 1 heterocycles. The van der Waals surface area contributed by atoms with E-state index in [0.717, 1.165) is 0 Å². The van der Waals surface area contributed by atoms with Crippen LogP contribution in [0.4, 0.5) is 11.5 Å². The van der Waals surface area contributed by atoms with Crippen molar-refractivity contribution in [1.29, 1.82) is 0 Å². The van der Waals surface area contributed by atoms with Crippen LogP contribution in [0.3, 0.4) is 0 Å². The first kappa shape index (κ1) is 20.1. The van der Waals surface area contributed by atoms with E-state index in [1.165, 1.54) is 11.8 Å². The molecule has 0 spiro atoms. The Bertz CT molecular complexity index is 779. The van der Waals surface area contributed by atoms with Crippen LogP contribution in [0.5, 0.6) is 5.75 Å². The highest BCUT2D eigenvalue weighted by atomic mass is 35.5. The van der Waals surface area contributed by atoms with Crippen molar-refractivity contribution >= 4 is 46.7 Å². The van der Waals surface area contributed by atoms with E-state index in [2.05, 4.69) is 15.8 Å². The number of hydrogen-bond donors (Lipinski definition) is 2. The molecule has 0 aliphatic rings. The second-order valence-electron chi connectivity index (χ2n) is 5.72. The first-order valence-electron chi connectivity index (χ1n) is 7.90. The van der Waals surface area contributed by atoms with Gasteiger partial charge >= 0.3 is 0 Å². The molecule has 0 aliphatic heterocycles. The number of carbonyl (C=O) groups is 2. The zero-order chi connectivity index (χ0) is 19.1. The summed E-state index contributed by atoms with van der Waals surface area (Å²) in [5, 5.41) is 9.41. The number of benzene rings is 1. The van der Waals surface area contributed by atoms with Crippen molar-refractivity contribution in [1.82, 2.24) is 5.16 Å². The van der Waals surface area contributed by atoms with E-state index in [1.54, 1.807) is 31.2 Å². The van der Waals surface area contributed by atoms with Crippen molar-refractivity contribution < 1.29 is 18.8 Å². The molecule has 2 aromatic rings. The lowest BCUT2D eigenvalue weighted by Gasteiger charge is -2.12. The van der Waals surface area contributed by atoms with Crippen molar-refractivity contribution in [2.45, 2.75) is 26.9 Å². The summed E-state index contributed by atoms with van der Waals surface area (Å²) < 4.78 is 10.4. The molecule has 26 heavy (non-hydrogen) atoms. The zero-order valence-corrected chi connectivity index (χ0v) is 16.2. The molecule has 9 heteroatoms. The standard InChI is InChI=1S/C17H20ClN3O4S/c1-10(2)24-14-5-4-12(7-13(14)18)19-16(22)8-26-9-17(23)20-15-6-11(3)25-21-15/h4-7,10H,8-9H2,1-3H3,(H,19,22)(H,20,21,23). The third kappa shape index (κ3) is 6.61. The predicted molar refractivity (Wildman–Crippen MR) is 103 cm³/mol. The van der Waals surface area contributed by atoms with Gasteiger partial charge in [0.25, 0.3) is 0 Å². The predicted octanol–water partition coefficient (Wildman–Crippen LogP) is 3.73. The van der Waals surface area contributed by atoms with E-state index < -0.39 is 0 Å². The number of aromatic nitrogens is 1. The molecule has 2 amide bonds. The van der Waals surface area contributed by atoms with Gasteiger partial charge in [0, 0.05) is 11.8 Å². The maximum absolute atomic E-state index is 12.0. The molecule has 0 unspecified atom stereocenters. The van der Waals surface area contributed by atoms with Crippen molar-refractivity contribution in [3.63, 3.8) is 0 Å².